The number of amides is 2. The van der Waals surface area contributed by atoms with Gasteiger partial charge in [0.15, 0.2) is 0 Å². The predicted octanol–water partition coefficient (Wildman–Crippen LogP) is -1.53. The molecule has 1 fully saturated rings. The Morgan fingerprint density at radius 2 is 0.769 bits per heavy atom. The Morgan fingerprint density at radius 3 is 0.885 bits per heavy atom. The van der Waals surface area contributed by atoms with Crippen LogP contribution >= 0.6 is 0 Å². The Hall–Kier alpha value is -3.18. The zero-order chi connectivity index (χ0) is 20.0. The largest absolute Gasteiger partial charge is 0.435 e. The molecule has 0 unspecified atom stereocenters. The van der Waals surface area contributed by atoms with Crippen molar-refractivity contribution in [1.82, 2.24) is 9.80 Å². The van der Waals surface area contributed by atoms with Gasteiger partial charge in [0.1, 0.15) is 0 Å². The maximum Gasteiger partial charge on any atom is 0.304 e. The summed E-state index contributed by atoms with van der Waals surface area (Å²) in [6.45, 7) is 4.05. The van der Waals surface area contributed by atoms with Gasteiger partial charge < -0.3 is 18.9 Å². The van der Waals surface area contributed by atoms with E-state index in [4.69, 9.17) is 18.9 Å². The highest BCUT2D eigenvalue weighted by molar-refractivity contribution is 5.70. The van der Waals surface area contributed by atoms with Crippen LogP contribution in [-0.4, -0.2) is 71.4 Å². The highest BCUT2D eigenvalue weighted by atomic mass is 16.6. The van der Waals surface area contributed by atoms with Gasteiger partial charge in [-0.05, 0) is 0 Å². The van der Waals surface area contributed by atoms with Crippen molar-refractivity contribution < 1.29 is 47.7 Å². The molecule has 0 bridgehead atoms. The third kappa shape index (κ3) is 4.91. The quantitative estimate of drug-likeness (QED) is 0.305. The van der Waals surface area contributed by atoms with Crippen LogP contribution in [0.4, 0.5) is 0 Å². The summed E-state index contributed by atoms with van der Waals surface area (Å²) < 4.78 is 19.8. The van der Waals surface area contributed by atoms with Crippen LogP contribution in [0.25, 0.3) is 0 Å². The summed E-state index contributed by atoms with van der Waals surface area (Å²) in [5.41, 5.74) is 0. The second-order valence-electron chi connectivity index (χ2n) is 5.11. The van der Waals surface area contributed by atoms with Crippen LogP contribution in [-0.2, 0) is 47.7 Å². The molecule has 2 amide bonds. The maximum atomic E-state index is 11.6. The molecule has 26 heavy (non-hydrogen) atoms. The molecule has 4 atom stereocenters. The zero-order valence-corrected chi connectivity index (χ0v) is 14.4. The number of carbonyl (C=O) groups excluding carboxylic acids is 6. The molecule has 0 aliphatic carbocycles. The summed E-state index contributed by atoms with van der Waals surface area (Å²) in [7, 11) is 0. The van der Waals surface area contributed by atoms with E-state index in [0.717, 1.165) is 27.7 Å². The standard InChI is InChI=1S/C14H18N2O10/c1-7(19)23-11-12(24-8(2)20)16(6-18)14(26-10(4)22)13(15(11)5-17)25-9(3)21/h5-6,11-14H,1-4H3/t11-,12+,13+,14-. The minimum absolute atomic E-state index is 0.135. The lowest BCUT2D eigenvalue weighted by molar-refractivity contribution is -0.289. The minimum Gasteiger partial charge on any atom is -0.435 e. The van der Waals surface area contributed by atoms with Crippen molar-refractivity contribution in [1.29, 1.82) is 0 Å². The molecule has 0 N–H and O–H groups in total. The first-order chi connectivity index (χ1) is 12.1. The second-order valence-corrected chi connectivity index (χ2v) is 5.11. The van der Waals surface area contributed by atoms with Crippen molar-refractivity contribution in [3.8, 4) is 0 Å². The fraction of sp³-hybridized carbons (Fsp3) is 0.571. The Bertz CT molecular complexity index is 511. The molecule has 1 rings (SSSR count). The average Bonchev–Trinajstić information content (AvgIpc) is 2.49. The van der Waals surface area contributed by atoms with Crippen LogP contribution in [0.5, 0.6) is 0 Å². The first-order valence-electron chi connectivity index (χ1n) is 7.26. The topological polar surface area (TPSA) is 146 Å². The first-order valence-corrected chi connectivity index (χ1v) is 7.26. The van der Waals surface area contributed by atoms with Crippen molar-refractivity contribution >= 4 is 36.7 Å². The molecule has 144 valence electrons. The van der Waals surface area contributed by atoms with Crippen molar-refractivity contribution in [2.75, 3.05) is 0 Å². The minimum atomic E-state index is -1.64. The summed E-state index contributed by atoms with van der Waals surface area (Å²) in [6, 6.07) is 0. The summed E-state index contributed by atoms with van der Waals surface area (Å²) in [4.78, 5) is 70.0. The molecular weight excluding hydrogens is 356 g/mol. The van der Waals surface area contributed by atoms with Gasteiger partial charge in [0.25, 0.3) is 0 Å². The summed E-state index contributed by atoms with van der Waals surface area (Å²) in [5.74, 6) is -3.51. The molecular formula is C14H18N2O10. The fourth-order valence-corrected chi connectivity index (χ4v) is 2.27. The molecule has 1 aliphatic heterocycles. The summed E-state index contributed by atoms with van der Waals surface area (Å²) in [6.07, 6.45) is -6.30. The molecule has 12 nitrogen and oxygen atoms in total. The SMILES string of the molecule is CC(=O)O[C@@H]1[C@H](OC(C)=O)N(C=O)[C@H](OC(C)=O)[C@H](OC(C)=O)N1C=O. The molecule has 0 aromatic carbocycles. The average molecular weight is 374 g/mol. The molecule has 12 heteroatoms. The molecule has 1 aliphatic rings. The lowest BCUT2D eigenvalue weighted by Gasteiger charge is -2.49. The molecule has 0 aromatic rings. The van der Waals surface area contributed by atoms with Crippen LogP contribution < -0.4 is 0 Å². The Kier molecular flexibility index (Phi) is 7.05. The van der Waals surface area contributed by atoms with Crippen molar-refractivity contribution in [2.45, 2.75) is 52.6 Å². The molecule has 0 saturated carbocycles. The van der Waals surface area contributed by atoms with Gasteiger partial charge in [-0.15, -0.1) is 0 Å². The van der Waals surface area contributed by atoms with E-state index >= 15 is 0 Å². The normalized spacial score (nSPS) is 24.9. The number of rotatable bonds is 6. The van der Waals surface area contributed by atoms with Gasteiger partial charge in [-0.2, -0.15) is 0 Å². The third-order valence-corrected chi connectivity index (χ3v) is 3.05. The lowest BCUT2D eigenvalue weighted by atomic mass is 10.2. The molecule has 1 heterocycles. The number of nitrogens with zero attached hydrogens (tertiary/aromatic N) is 2. The van der Waals surface area contributed by atoms with E-state index in [1.165, 1.54) is 0 Å². The van der Waals surface area contributed by atoms with Crippen LogP contribution in [0.2, 0.25) is 0 Å². The number of ether oxygens (including phenoxy) is 4. The van der Waals surface area contributed by atoms with E-state index in [1.807, 2.05) is 0 Å². The predicted molar refractivity (Wildman–Crippen MR) is 78.0 cm³/mol. The molecule has 0 aromatic heterocycles. The summed E-state index contributed by atoms with van der Waals surface area (Å²) in [5, 5.41) is 0. The van der Waals surface area contributed by atoms with Crippen LogP contribution in [0, 0.1) is 0 Å². The lowest BCUT2D eigenvalue weighted by Crippen LogP contribution is -2.71. The van der Waals surface area contributed by atoms with E-state index in [2.05, 4.69) is 0 Å². The number of carbonyl (C=O) groups is 6. The van der Waals surface area contributed by atoms with E-state index in [0.29, 0.717) is 9.80 Å². The highest BCUT2D eigenvalue weighted by Crippen LogP contribution is 2.29. The molecule has 1 saturated heterocycles. The molecule has 0 spiro atoms. The van der Waals surface area contributed by atoms with Gasteiger partial charge in [-0.3, -0.25) is 38.6 Å². The van der Waals surface area contributed by atoms with Crippen molar-refractivity contribution in [3.63, 3.8) is 0 Å². The maximum absolute atomic E-state index is 11.6. The molecule has 0 radical (unpaired) electrons. The number of esters is 4. The van der Waals surface area contributed by atoms with Gasteiger partial charge in [0.05, 0.1) is 0 Å². The van der Waals surface area contributed by atoms with Gasteiger partial charge in [0.2, 0.25) is 37.7 Å². The third-order valence-electron chi connectivity index (χ3n) is 3.05. The van der Waals surface area contributed by atoms with Crippen molar-refractivity contribution in [2.24, 2.45) is 0 Å². The number of piperazine rings is 1. The Morgan fingerprint density at radius 1 is 0.577 bits per heavy atom. The highest BCUT2D eigenvalue weighted by Gasteiger charge is 2.54. The van der Waals surface area contributed by atoms with Gasteiger partial charge in [-0.1, -0.05) is 0 Å². The smallest absolute Gasteiger partial charge is 0.304 e. The number of hydrogen-bond donors (Lipinski definition) is 0. The van der Waals surface area contributed by atoms with Gasteiger partial charge in [-0.25, -0.2) is 0 Å². The monoisotopic (exact) mass is 374 g/mol. The van der Waals surface area contributed by atoms with Crippen LogP contribution in [0.1, 0.15) is 27.7 Å². The number of hydrogen-bond acceptors (Lipinski definition) is 10. The zero-order valence-electron chi connectivity index (χ0n) is 14.4. The first kappa shape index (κ1) is 20.9. The van der Waals surface area contributed by atoms with E-state index < -0.39 is 48.8 Å². The van der Waals surface area contributed by atoms with Gasteiger partial charge in [0, 0.05) is 27.7 Å². The second kappa shape index (κ2) is 8.78. The Labute approximate surface area is 147 Å². The van der Waals surface area contributed by atoms with Crippen molar-refractivity contribution in [3.05, 3.63) is 0 Å². The Balaban J connectivity index is 3.47. The van der Waals surface area contributed by atoms with E-state index in [1.54, 1.807) is 0 Å². The van der Waals surface area contributed by atoms with E-state index in [-0.39, 0.29) is 12.8 Å². The van der Waals surface area contributed by atoms with Crippen LogP contribution in [0.3, 0.4) is 0 Å². The fourth-order valence-electron chi connectivity index (χ4n) is 2.27. The summed E-state index contributed by atoms with van der Waals surface area (Å²) >= 11 is 0. The van der Waals surface area contributed by atoms with Gasteiger partial charge >= 0.3 is 23.9 Å². The van der Waals surface area contributed by atoms with E-state index in [9.17, 15) is 28.8 Å². The van der Waals surface area contributed by atoms with Crippen LogP contribution in [0.15, 0.2) is 0 Å².